The molecule has 2 aliphatic rings. The summed E-state index contributed by atoms with van der Waals surface area (Å²) in [4.78, 5) is 13.9. The number of aliphatic imine (C=N–C) groups is 1. The molecule has 0 bridgehead atoms. The summed E-state index contributed by atoms with van der Waals surface area (Å²) in [5.74, 6) is 2.14. The van der Waals surface area contributed by atoms with Crippen molar-refractivity contribution in [2.75, 3.05) is 37.6 Å². The first-order valence-corrected chi connectivity index (χ1v) is 9.75. The molecule has 0 spiro atoms. The van der Waals surface area contributed by atoms with Gasteiger partial charge < -0.3 is 15.5 Å². The number of likely N-dealkylation sites (tertiary alicyclic amines) is 1. The Labute approximate surface area is 177 Å². The molecule has 4 heterocycles. The van der Waals surface area contributed by atoms with E-state index in [0.29, 0.717) is 5.92 Å². The molecule has 0 aliphatic carbocycles. The molecule has 8 nitrogen and oxygen atoms in total. The van der Waals surface area contributed by atoms with Crippen molar-refractivity contribution in [3.05, 3.63) is 18.7 Å². The van der Waals surface area contributed by atoms with Crippen LogP contribution in [-0.2, 0) is 0 Å². The van der Waals surface area contributed by atoms with Gasteiger partial charge in [0.2, 0.25) is 5.65 Å². The van der Waals surface area contributed by atoms with Crippen LogP contribution in [0.25, 0.3) is 5.65 Å². The standard InChI is InChI=1S/C18H28N8.HI/c19-18(24-8-3-1-2-4-9-24)21-12-15-6-5-10-25(13-15)16-17-23-22-14-26(17)11-7-20-16;/h7,11,14-15H,1-6,8-10,12-13H2,(H2,19,21);1H. The first-order valence-electron chi connectivity index (χ1n) is 9.75. The first-order chi connectivity index (χ1) is 12.8. The fourth-order valence-corrected chi connectivity index (χ4v) is 4.00. The number of guanidine groups is 1. The lowest BCUT2D eigenvalue weighted by molar-refractivity contribution is 0.407. The molecule has 0 radical (unpaired) electrons. The summed E-state index contributed by atoms with van der Waals surface area (Å²) in [6.45, 7) is 4.82. The van der Waals surface area contributed by atoms with E-state index in [1.54, 1.807) is 6.33 Å². The van der Waals surface area contributed by atoms with E-state index in [2.05, 4.69) is 25.0 Å². The van der Waals surface area contributed by atoms with Gasteiger partial charge in [0.25, 0.3) is 0 Å². The van der Waals surface area contributed by atoms with Crippen LogP contribution in [0.15, 0.2) is 23.7 Å². The van der Waals surface area contributed by atoms with Crippen LogP contribution >= 0.6 is 24.0 Å². The van der Waals surface area contributed by atoms with Crippen molar-refractivity contribution in [3.63, 3.8) is 0 Å². The van der Waals surface area contributed by atoms with E-state index in [4.69, 9.17) is 10.7 Å². The molecule has 0 saturated carbocycles. The van der Waals surface area contributed by atoms with E-state index in [9.17, 15) is 0 Å². The summed E-state index contributed by atoms with van der Waals surface area (Å²) in [6, 6.07) is 0. The second-order valence-electron chi connectivity index (χ2n) is 7.37. The van der Waals surface area contributed by atoms with Crippen molar-refractivity contribution in [1.29, 1.82) is 0 Å². The Bertz CT molecular complexity index is 753. The largest absolute Gasteiger partial charge is 0.370 e. The number of halogens is 1. The first kappa shape index (κ1) is 20.1. The predicted molar refractivity (Wildman–Crippen MR) is 118 cm³/mol. The SMILES string of the molecule is I.NC(=NCC1CCCN(c2nccn3cnnc23)C1)N1CCCCCC1. The van der Waals surface area contributed by atoms with Gasteiger partial charge in [0.1, 0.15) is 6.33 Å². The summed E-state index contributed by atoms with van der Waals surface area (Å²) >= 11 is 0. The molecule has 148 valence electrons. The molecule has 2 aromatic heterocycles. The van der Waals surface area contributed by atoms with Crippen LogP contribution in [-0.4, -0.2) is 63.2 Å². The molecule has 2 aromatic rings. The minimum atomic E-state index is 0. The second kappa shape index (κ2) is 9.52. The van der Waals surface area contributed by atoms with E-state index in [-0.39, 0.29) is 24.0 Å². The van der Waals surface area contributed by atoms with Crippen molar-refractivity contribution < 1.29 is 0 Å². The molecule has 2 aliphatic heterocycles. The van der Waals surface area contributed by atoms with Crippen LogP contribution in [0.3, 0.4) is 0 Å². The topological polar surface area (TPSA) is 87.9 Å². The summed E-state index contributed by atoms with van der Waals surface area (Å²) in [5, 5.41) is 8.21. The van der Waals surface area contributed by atoms with E-state index >= 15 is 0 Å². The lowest BCUT2D eigenvalue weighted by Crippen LogP contribution is -2.40. The van der Waals surface area contributed by atoms with Gasteiger partial charge in [0.05, 0.1) is 0 Å². The highest BCUT2D eigenvalue weighted by Crippen LogP contribution is 2.24. The quantitative estimate of drug-likeness (QED) is 0.408. The minimum Gasteiger partial charge on any atom is -0.370 e. The Hall–Kier alpha value is -1.65. The van der Waals surface area contributed by atoms with Gasteiger partial charge in [-0.25, -0.2) is 4.98 Å². The summed E-state index contributed by atoms with van der Waals surface area (Å²) < 4.78 is 1.92. The number of nitrogens with two attached hydrogens (primary N) is 1. The van der Waals surface area contributed by atoms with Gasteiger partial charge in [0, 0.05) is 45.1 Å². The highest BCUT2D eigenvalue weighted by atomic mass is 127. The molecule has 2 fully saturated rings. The summed E-state index contributed by atoms with van der Waals surface area (Å²) in [7, 11) is 0. The maximum atomic E-state index is 6.27. The fraction of sp³-hybridized carbons (Fsp3) is 0.667. The van der Waals surface area contributed by atoms with Crippen LogP contribution < -0.4 is 10.6 Å². The zero-order chi connectivity index (χ0) is 17.8. The average Bonchev–Trinajstić information content (AvgIpc) is 2.99. The lowest BCUT2D eigenvalue weighted by atomic mass is 9.98. The average molecular weight is 484 g/mol. The molecule has 2 N–H and O–H groups in total. The monoisotopic (exact) mass is 484 g/mol. The molecule has 0 aromatic carbocycles. The zero-order valence-electron chi connectivity index (χ0n) is 15.7. The minimum absolute atomic E-state index is 0. The highest BCUT2D eigenvalue weighted by molar-refractivity contribution is 14.0. The molecular weight excluding hydrogens is 455 g/mol. The van der Waals surface area contributed by atoms with Gasteiger partial charge in [-0.3, -0.25) is 9.39 Å². The normalized spacial score (nSPS) is 21.8. The zero-order valence-corrected chi connectivity index (χ0v) is 18.0. The van der Waals surface area contributed by atoms with Crippen molar-refractivity contribution in [2.24, 2.45) is 16.6 Å². The van der Waals surface area contributed by atoms with Gasteiger partial charge in [-0.2, -0.15) is 0 Å². The number of aromatic nitrogens is 4. The molecule has 4 rings (SSSR count). The van der Waals surface area contributed by atoms with E-state index in [1.807, 2.05) is 16.8 Å². The third kappa shape index (κ3) is 4.80. The Morgan fingerprint density at radius 3 is 2.78 bits per heavy atom. The molecule has 9 heteroatoms. The summed E-state index contributed by atoms with van der Waals surface area (Å²) in [5.41, 5.74) is 7.09. The van der Waals surface area contributed by atoms with E-state index in [1.165, 1.54) is 32.1 Å². The van der Waals surface area contributed by atoms with Gasteiger partial charge in [-0.15, -0.1) is 34.2 Å². The second-order valence-corrected chi connectivity index (χ2v) is 7.37. The molecular formula is C18H29IN8. The van der Waals surface area contributed by atoms with Crippen molar-refractivity contribution in [2.45, 2.75) is 38.5 Å². The Kier molecular flexibility index (Phi) is 7.08. The van der Waals surface area contributed by atoms with Crippen molar-refractivity contribution in [1.82, 2.24) is 24.5 Å². The molecule has 1 atom stereocenters. The van der Waals surface area contributed by atoms with Crippen molar-refractivity contribution >= 4 is 41.4 Å². The van der Waals surface area contributed by atoms with Crippen LogP contribution in [0, 0.1) is 5.92 Å². The number of anilines is 1. The van der Waals surface area contributed by atoms with Crippen LogP contribution in [0.2, 0.25) is 0 Å². The molecule has 0 amide bonds. The number of piperidine rings is 1. The Morgan fingerprint density at radius 2 is 1.96 bits per heavy atom. The van der Waals surface area contributed by atoms with E-state index < -0.39 is 0 Å². The molecule has 27 heavy (non-hydrogen) atoms. The molecule has 2 saturated heterocycles. The van der Waals surface area contributed by atoms with Crippen LogP contribution in [0.1, 0.15) is 38.5 Å². The smallest absolute Gasteiger partial charge is 0.203 e. The number of hydrogen-bond donors (Lipinski definition) is 1. The van der Waals surface area contributed by atoms with E-state index in [0.717, 1.165) is 56.6 Å². The van der Waals surface area contributed by atoms with Gasteiger partial charge in [0.15, 0.2) is 11.8 Å². The molecule has 1 unspecified atom stereocenters. The number of hydrogen-bond acceptors (Lipinski definition) is 5. The number of nitrogens with zero attached hydrogens (tertiary/aromatic N) is 7. The van der Waals surface area contributed by atoms with Gasteiger partial charge in [-0.1, -0.05) is 12.8 Å². The lowest BCUT2D eigenvalue weighted by Gasteiger charge is -2.33. The van der Waals surface area contributed by atoms with Crippen LogP contribution in [0.5, 0.6) is 0 Å². The fourth-order valence-electron chi connectivity index (χ4n) is 4.00. The maximum absolute atomic E-state index is 6.27. The van der Waals surface area contributed by atoms with Gasteiger partial charge >= 0.3 is 0 Å². The maximum Gasteiger partial charge on any atom is 0.203 e. The summed E-state index contributed by atoms with van der Waals surface area (Å²) in [6.07, 6.45) is 12.8. The number of fused-ring (bicyclic) bond motifs is 1. The Balaban J connectivity index is 0.00000210. The predicted octanol–water partition coefficient (Wildman–Crippen LogP) is 2.15. The Morgan fingerprint density at radius 1 is 1.15 bits per heavy atom. The third-order valence-corrected chi connectivity index (χ3v) is 5.46. The number of rotatable bonds is 3. The van der Waals surface area contributed by atoms with Crippen LogP contribution in [0.4, 0.5) is 5.82 Å². The highest BCUT2D eigenvalue weighted by Gasteiger charge is 2.23. The van der Waals surface area contributed by atoms with Gasteiger partial charge in [-0.05, 0) is 31.6 Å². The van der Waals surface area contributed by atoms with Crippen molar-refractivity contribution in [3.8, 4) is 0 Å². The third-order valence-electron chi connectivity index (χ3n) is 5.46.